The average molecular weight is 470 g/mol. The Morgan fingerprint density at radius 3 is 2.64 bits per heavy atom. The molecule has 0 spiro atoms. The van der Waals surface area contributed by atoms with E-state index in [1.807, 2.05) is 0 Å². The molecule has 0 saturated heterocycles. The Bertz CT molecular complexity index is 1340. The number of halogens is 3. The summed E-state index contributed by atoms with van der Waals surface area (Å²) in [5.41, 5.74) is 2.58. The molecule has 5 rings (SSSR count). The third-order valence-electron chi connectivity index (χ3n) is 5.24. The van der Waals surface area contributed by atoms with Gasteiger partial charge in [-0.05, 0) is 54.1 Å². The lowest BCUT2D eigenvalue weighted by Gasteiger charge is -2.20. The normalized spacial score (nSPS) is 12.8. The fourth-order valence-corrected chi connectivity index (χ4v) is 4.09. The first-order chi connectivity index (χ1) is 16.0. The van der Waals surface area contributed by atoms with Crippen LogP contribution in [0, 0.1) is 0 Å². The van der Waals surface area contributed by atoms with Gasteiger partial charge in [0.25, 0.3) is 0 Å². The highest BCUT2D eigenvalue weighted by molar-refractivity contribution is 6.32. The van der Waals surface area contributed by atoms with Crippen LogP contribution in [0.3, 0.4) is 0 Å². The summed E-state index contributed by atoms with van der Waals surface area (Å²) in [4.78, 5) is 16.9. The van der Waals surface area contributed by atoms with Crippen LogP contribution in [-0.2, 0) is 11.2 Å². The first-order valence-electron chi connectivity index (χ1n) is 10.2. The second-order valence-electron chi connectivity index (χ2n) is 7.48. The van der Waals surface area contributed by atoms with Crippen LogP contribution in [0.5, 0.6) is 11.5 Å². The lowest BCUT2D eigenvalue weighted by atomic mass is 10.1. The van der Waals surface area contributed by atoms with Crippen molar-refractivity contribution in [3.63, 3.8) is 0 Å². The van der Waals surface area contributed by atoms with E-state index >= 15 is 0 Å². The number of fused-ring (bicyclic) bond motifs is 2. The van der Waals surface area contributed by atoms with Crippen LogP contribution in [0.4, 0.5) is 14.5 Å². The molecule has 0 unspecified atom stereocenters. The number of hydrogen-bond acceptors (Lipinski definition) is 4. The minimum atomic E-state index is -2.73. The number of rotatable bonds is 5. The Labute approximate surface area is 192 Å². The highest BCUT2D eigenvalue weighted by Gasteiger charge is 2.20. The molecule has 9 heteroatoms. The molecule has 4 aromatic rings. The molecule has 0 fully saturated rings. The molecule has 0 aliphatic carbocycles. The van der Waals surface area contributed by atoms with E-state index in [0.717, 1.165) is 4.57 Å². The first-order valence-corrected chi connectivity index (χ1v) is 10.6. The average Bonchev–Trinajstić information content (AvgIpc) is 3.19. The molecule has 0 saturated carbocycles. The maximum Gasteiger partial charge on any atom is 0.320 e. The van der Waals surface area contributed by atoms with Crippen LogP contribution in [0.25, 0.3) is 22.4 Å². The monoisotopic (exact) mass is 469 g/mol. The molecule has 1 aromatic heterocycles. The third kappa shape index (κ3) is 4.21. The van der Waals surface area contributed by atoms with Crippen molar-refractivity contribution in [2.75, 3.05) is 18.5 Å². The number of imidazole rings is 1. The number of nitrogens with zero attached hydrogens (tertiary/aromatic N) is 2. The molecular weight excluding hydrogens is 452 g/mol. The summed E-state index contributed by atoms with van der Waals surface area (Å²) in [7, 11) is 0. The van der Waals surface area contributed by atoms with Crippen LogP contribution < -0.4 is 14.8 Å². The summed E-state index contributed by atoms with van der Waals surface area (Å²) in [5.74, 6) is 0.908. The zero-order valence-electron chi connectivity index (χ0n) is 17.2. The predicted molar refractivity (Wildman–Crippen MR) is 121 cm³/mol. The van der Waals surface area contributed by atoms with E-state index in [4.69, 9.17) is 21.1 Å². The molecule has 1 aliphatic rings. The Balaban J connectivity index is 1.33. The standard InChI is InChI=1S/C24H18ClF2N3O3/c25-17-11-14(12-20-22(17)33-10-9-32-20)13-21(31)28-16-7-5-15(6-8-16)23-29-18-3-1-2-4-19(18)30(23)24(26)27/h1-8,11-12,24H,9-10,13H2,(H,28,31). The largest absolute Gasteiger partial charge is 0.486 e. The zero-order valence-corrected chi connectivity index (χ0v) is 18.0. The predicted octanol–water partition coefficient (Wildman–Crippen LogP) is 5.70. The van der Waals surface area contributed by atoms with Gasteiger partial charge in [-0.15, -0.1) is 0 Å². The van der Waals surface area contributed by atoms with Crippen LogP contribution in [0.15, 0.2) is 60.7 Å². The number of carbonyl (C=O) groups is 1. The number of para-hydroxylation sites is 2. The molecule has 1 amide bonds. The highest BCUT2D eigenvalue weighted by Crippen LogP contribution is 2.38. The Morgan fingerprint density at radius 1 is 1.09 bits per heavy atom. The summed E-state index contributed by atoms with van der Waals surface area (Å²) in [6, 6.07) is 16.8. The minimum absolute atomic E-state index is 0.0826. The molecule has 1 aliphatic heterocycles. The maximum absolute atomic E-state index is 13.7. The maximum atomic E-state index is 13.7. The van der Waals surface area contributed by atoms with Crippen molar-refractivity contribution >= 4 is 34.2 Å². The Hall–Kier alpha value is -3.65. The lowest BCUT2D eigenvalue weighted by Crippen LogP contribution is -2.17. The van der Waals surface area contributed by atoms with E-state index in [-0.39, 0.29) is 18.2 Å². The molecule has 0 atom stereocenters. The number of benzene rings is 3. The van der Waals surface area contributed by atoms with Gasteiger partial charge in [-0.25, -0.2) is 4.98 Å². The number of anilines is 1. The number of hydrogen-bond donors (Lipinski definition) is 1. The number of aromatic nitrogens is 2. The van der Waals surface area contributed by atoms with Crippen molar-refractivity contribution in [2.24, 2.45) is 0 Å². The van der Waals surface area contributed by atoms with Crippen molar-refractivity contribution in [3.05, 3.63) is 71.2 Å². The second-order valence-corrected chi connectivity index (χ2v) is 7.88. The van der Waals surface area contributed by atoms with Crippen molar-refractivity contribution in [3.8, 4) is 22.9 Å². The molecule has 2 heterocycles. The van der Waals surface area contributed by atoms with Gasteiger partial charge in [0, 0.05) is 11.3 Å². The number of ether oxygens (including phenoxy) is 2. The topological polar surface area (TPSA) is 65.4 Å². The minimum Gasteiger partial charge on any atom is -0.486 e. The van der Waals surface area contributed by atoms with Gasteiger partial charge in [-0.3, -0.25) is 9.36 Å². The third-order valence-corrected chi connectivity index (χ3v) is 5.52. The van der Waals surface area contributed by atoms with Gasteiger partial charge in [-0.2, -0.15) is 8.78 Å². The number of carbonyl (C=O) groups excluding carboxylic acids is 1. The summed E-state index contributed by atoms with van der Waals surface area (Å²) >= 11 is 6.23. The molecule has 33 heavy (non-hydrogen) atoms. The van der Waals surface area contributed by atoms with Gasteiger partial charge in [-0.1, -0.05) is 23.7 Å². The van der Waals surface area contributed by atoms with Crippen LogP contribution in [0.2, 0.25) is 5.02 Å². The smallest absolute Gasteiger partial charge is 0.320 e. The molecule has 168 valence electrons. The summed E-state index contributed by atoms with van der Waals surface area (Å²) in [6.45, 7) is -1.88. The van der Waals surface area contributed by atoms with Crippen LogP contribution >= 0.6 is 11.6 Å². The molecular formula is C24H18ClF2N3O3. The molecule has 1 N–H and O–H groups in total. The fraction of sp³-hybridized carbons (Fsp3) is 0.167. The van der Waals surface area contributed by atoms with Crippen molar-refractivity contribution < 1.29 is 23.0 Å². The summed E-state index contributed by atoms with van der Waals surface area (Å²) in [5, 5.41) is 3.19. The Morgan fingerprint density at radius 2 is 1.85 bits per heavy atom. The summed E-state index contributed by atoms with van der Waals surface area (Å²) in [6.07, 6.45) is 0.0826. The summed E-state index contributed by atoms with van der Waals surface area (Å²) < 4.78 is 39.3. The molecule has 0 radical (unpaired) electrons. The molecule has 3 aromatic carbocycles. The highest BCUT2D eigenvalue weighted by atomic mass is 35.5. The fourth-order valence-electron chi connectivity index (χ4n) is 3.81. The molecule has 6 nitrogen and oxygen atoms in total. The number of alkyl halides is 2. The second kappa shape index (κ2) is 8.71. The van der Waals surface area contributed by atoms with E-state index < -0.39 is 6.55 Å². The van der Waals surface area contributed by atoms with Crippen LogP contribution in [-0.4, -0.2) is 28.7 Å². The van der Waals surface area contributed by atoms with Crippen molar-refractivity contribution in [1.29, 1.82) is 0 Å². The number of amides is 1. The van der Waals surface area contributed by atoms with Crippen LogP contribution in [0.1, 0.15) is 12.1 Å². The van der Waals surface area contributed by atoms with Crippen molar-refractivity contribution in [2.45, 2.75) is 13.0 Å². The van der Waals surface area contributed by atoms with E-state index in [1.54, 1.807) is 60.7 Å². The Kier molecular flexibility index (Phi) is 5.60. The quantitative estimate of drug-likeness (QED) is 0.407. The first kappa shape index (κ1) is 21.2. The number of nitrogens with one attached hydrogen (secondary N) is 1. The van der Waals surface area contributed by atoms with Gasteiger partial charge in [0.1, 0.15) is 19.0 Å². The van der Waals surface area contributed by atoms with E-state index in [2.05, 4.69) is 10.3 Å². The van der Waals surface area contributed by atoms with Gasteiger partial charge in [0.05, 0.1) is 22.5 Å². The lowest BCUT2D eigenvalue weighted by molar-refractivity contribution is -0.115. The van der Waals surface area contributed by atoms with Gasteiger partial charge < -0.3 is 14.8 Å². The van der Waals surface area contributed by atoms with Gasteiger partial charge in [0.2, 0.25) is 5.91 Å². The zero-order chi connectivity index (χ0) is 22.9. The van der Waals surface area contributed by atoms with E-state index in [1.165, 1.54) is 0 Å². The van der Waals surface area contributed by atoms with E-state index in [9.17, 15) is 13.6 Å². The van der Waals surface area contributed by atoms with Gasteiger partial charge in [0.15, 0.2) is 11.5 Å². The van der Waals surface area contributed by atoms with E-state index in [0.29, 0.717) is 57.6 Å². The van der Waals surface area contributed by atoms with Crippen molar-refractivity contribution in [1.82, 2.24) is 9.55 Å². The van der Waals surface area contributed by atoms with Gasteiger partial charge >= 0.3 is 6.55 Å². The molecule has 0 bridgehead atoms. The SMILES string of the molecule is O=C(Cc1cc(Cl)c2c(c1)OCCO2)Nc1ccc(-c2nc3ccccc3n2C(F)F)cc1.